The summed E-state index contributed by atoms with van der Waals surface area (Å²) in [7, 11) is 0. The highest BCUT2D eigenvalue weighted by Crippen LogP contribution is 2.33. The van der Waals surface area contributed by atoms with Gasteiger partial charge in [0.05, 0.1) is 5.02 Å². The Kier molecular flexibility index (Phi) is 6.24. The summed E-state index contributed by atoms with van der Waals surface area (Å²) in [6, 6.07) is 9.26. The lowest BCUT2D eigenvalue weighted by molar-refractivity contribution is 0.473. The van der Waals surface area contributed by atoms with Crippen molar-refractivity contribution in [1.82, 2.24) is 4.37 Å². The summed E-state index contributed by atoms with van der Waals surface area (Å²) in [6.45, 7) is 5.61. The molecule has 1 heterocycles. The van der Waals surface area contributed by atoms with Crippen LogP contribution in [-0.2, 0) is 0 Å². The zero-order chi connectivity index (χ0) is 21.1. The van der Waals surface area contributed by atoms with Crippen molar-refractivity contribution < 1.29 is 9.13 Å². The lowest BCUT2D eigenvalue weighted by atomic mass is 10.2. The number of halogens is 2. The summed E-state index contributed by atoms with van der Waals surface area (Å²) < 4.78 is 21.9. The Morgan fingerprint density at radius 1 is 1.28 bits per heavy atom. The average Bonchev–Trinajstić information content (AvgIpc) is 3.00. The number of aryl methyl sites for hydroxylation is 1. The third kappa shape index (κ3) is 4.96. The molecule has 3 rings (SSSR count). The SMILES string of the molecule is Cc1cc(Nc2s[nH]c(=O)c2C(N)=NC(C)C)ccc1Oc1cc(F)ccc1Cl. The topological polar surface area (TPSA) is 92.5 Å². The van der Waals surface area contributed by atoms with Crippen LogP contribution in [0.3, 0.4) is 0 Å². The van der Waals surface area contributed by atoms with Crippen LogP contribution in [0.2, 0.25) is 5.02 Å². The number of nitrogens with one attached hydrogen (secondary N) is 2. The van der Waals surface area contributed by atoms with Gasteiger partial charge < -0.3 is 15.8 Å². The first-order chi connectivity index (χ1) is 13.7. The second kappa shape index (κ2) is 8.67. The largest absolute Gasteiger partial charge is 0.455 e. The fourth-order valence-electron chi connectivity index (χ4n) is 2.61. The van der Waals surface area contributed by atoms with E-state index in [1.54, 1.807) is 12.1 Å². The van der Waals surface area contributed by atoms with Gasteiger partial charge in [0.15, 0.2) is 0 Å². The second-order valence-electron chi connectivity index (χ2n) is 6.63. The number of aromatic nitrogens is 1. The van der Waals surface area contributed by atoms with Gasteiger partial charge in [-0.1, -0.05) is 11.6 Å². The Morgan fingerprint density at radius 3 is 2.72 bits per heavy atom. The Bertz CT molecular complexity index is 1120. The van der Waals surface area contributed by atoms with Gasteiger partial charge in [0, 0.05) is 17.8 Å². The summed E-state index contributed by atoms with van der Waals surface area (Å²) in [5.74, 6) is 0.518. The van der Waals surface area contributed by atoms with Crippen molar-refractivity contribution in [1.29, 1.82) is 0 Å². The van der Waals surface area contributed by atoms with E-state index in [4.69, 9.17) is 22.1 Å². The van der Waals surface area contributed by atoms with E-state index in [0.717, 1.165) is 22.8 Å². The molecule has 0 aliphatic carbocycles. The van der Waals surface area contributed by atoms with Crippen LogP contribution >= 0.6 is 23.1 Å². The van der Waals surface area contributed by atoms with Gasteiger partial charge in [-0.2, -0.15) is 0 Å². The van der Waals surface area contributed by atoms with E-state index < -0.39 is 5.82 Å². The highest BCUT2D eigenvalue weighted by atomic mass is 35.5. The third-order valence-corrected chi connectivity index (χ3v) is 5.01. The number of rotatable bonds is 6. The summed E-state index contributed by atoms with van der Waals surface area (Å²) in [5.41, 5.74) is 7.54. The molecule has 0 aliphatic rings. The quantitative estimate of drug-likeness (QED) is 0.368. The molecule has 0 radical (unpaired) electrons. The Balaban J connectivity index is 1.85. The standard InChI is InChI=1S/C20H20ClFN4O2S/c1-10(2)24-18(23)17-19(27)26-29-20(17)25-13-5-7-15(11(3)8-13)28-16-9-12(22)4-6-14(16)21/h4-10,25H,1-3H3,(H2,23,24)(H,26,27). The minimum atomic E-state index is -0.434. The van der Waals surface area contributed by atoms with Crippen molar-refractivity contribution in [2.24, 2.45) is 10.7 Å². The lowest BCUT2D eigenvalue weighted by Crippen LogP contribution is -2.23. The molecule has 29 heavy (non-hydrogen) atoms. The first-order valence-corrected chi connectivity index (χ1v) is 9.99. The van der Waals surface area contributed by atoms with Crippen LogP contribution < -0.4 is 21.3 Å². The third-order valence-electron chi connectivity index (χ3n) is 3.90. The molecule has 0 saturated carbocycles. The molecule has 2 aromatic carbocycles. The molecule has 0 unspecified atom stereocenters. The van der Waals surface area contributed by atoms with E-state index in [9.17, 15) is 9.18 Å². The first kappa shape index (κ1) is 20.9. The van der Waals surface area contributed by atoms with Crippen molar-refractivity contribution in [3.05, 3.63) is 68.7 Å². The fraction of sp³-hybridized carbons (Fsp3) is 0.200. The predicted octanol–water partition coefficient (Wildman–Crippen LogP) is 5.19. The van der Waals surface area contributed by atoms with Gasteiger partial charge in [-0.25, -0.2) is 4.39 Å². The molecule has 1 aromatic heterocycles. The number of aromatic amines is 1. The smallest absolute Gasteiger partial charge is 0.271 e. The number of amidine groups is 1. The minimum absolute atomic E-state index is 0.0320. The molecule has 4 N–H and O–H groups in total. The van der Waals surface area contributed by atoms with Crippen molar-refractivity contribution >= 4 is 39.7 Å². The zero-order valence-corrected chi connectivity index (χ0v) is 17.6. The molecular formula is C20H20ClFN4O2S. The maximum atomic E-state index is 13.4. The van der Waals surface area contributed by atoms with E-state index in [2.05, 4.69) is 14.7 Å². The number of nitrogens with two attached hydrogens (primary N) is 1. The van der Waals surface area contributed by atoms with E-state index in [-0.39, 0.29) is 23.2 Å². The molecule has 6 nitrogen and oxygen atoms in total. The van der Waals surface area contributed by atoms with Gasteiger partial charge in [0.1, 0.15) is 33.7 Å². The summed E-state index contributed by atoms with van der Waals surface area (Å²) in [4.78, 5) is 16.4. The van der Waals surface area contributed by atoms with Crippen molar-refractivity contribution in [3.8, 4) is 11.5 Å². The maximum Gasteiger partial charge on any atom is 0.271 e. The molecule has 3 aromatic rings. The van der Waals surface area contributed by atoms with Crippen LogP contribution in [0, 0.1) is 12.7 Å². The first-order valence-electron chi connectivity index (χ1n) is 8.80. The second-order valence-corrected chi connectivity index (χ2v) is 7.85. The van der Waals surface area contributed by atoms with E-state index in [1.165, 1.54) is 18.2 Å². The van der Waals surface area contributed by atoms with Gasteiger partial charge in [-0.15, -0.1) is 0 Å². The number of hydrogen-bond donors (Lipinski definition) is 3. The normalized spacial score (nSPS) is 11.7. The van der Waals surface area contributed by atoms with Crippen LogP contribution in [0.1, 0.15) is 25.0 Å². The maximum absolute atomic E-state index is 13.4. The molecule has 0 saturated heterocycles. The predicted molar refractivity (Wildman–Crippen MR) is 117 cm³/mol. The Labute approximate surface area is 176 Å². The number of anilines is 2. The molecule has 0 atom stereocenters. The summed E-state index contributed by atoms with van der Waals surface area (Å²) in [5, 5.41) is 4.07. The van der Waals surface area contributed by atoms with Gasteiger partial charge >= 0.3 is 0 Å². The monoisotopic (exact) mass is 434 g/mol. The molecule has 0 amide bonds. The molecule has 0 fully saturated rings. The van der Waals surface area contributed by atoms with E-state index in [0.29, 0.717) is 21.3 Å². The Hall–Kier alpha value is -2.84. The highest BCUT2D eigenvalue weighted by molar-refractivity contribution is 7.10. The fourth-order valence-corrected chi connectivity index (χ4v) is 3.53. The molecule has 0 aliphatic heterocycles. The van der Waals surface area contributed by atoms with Crippen LogP contribution in [0.4, 0.5) is 15.1 Å². The molecule has 152 valence electrons. The van der Waals surface area contributed by atoms with Gasteiger partial charge in [0.2, 0.25) is 0 Å². The number of ether oxygens (including phenoxy) is 1. The number of H-pyrrole nitrogens is 1. The molecule has 0 spiro atoms. The van der Waals surface area contributed by atoms with Gasteiger partial charge in [0.25, 0.3) is 5.56 Å². The van der Waals surface area contributed by atoms with Crippen molar-refractivity contribution in [2.75, 3.05) is 5.32 Å². The van der Waals surface area contributed by atoms with E-state index in [1.807, 2.05) is 26.8 Å². The minimum Gasteiger partial charge on any atom is -0.455 e. The van der Waals surface area contributed by atoms with Crippen molar-refractivity contribution in [3.63, 3.8) is 0 Å². The Morgan fingerprint density at radius 2 is 2.03 bits per heavy atom. The molecule has 0 bridgehead atoms. The van der Waals surface area contributed by atoms with E-state index >= 15 is 0 Å². The number of nitrogens with zero attached hydrogens (tertiary/aromatic N) is 1. The zero-order valence-electron chi connectivity index (χ0n) is 16.0. The van der Waals surface area contributed by atoms with Crippen LogP contribution in [0.5, 0.6) is 11.5 Å². The highest BCUT2D eigenvalue weighted by Gasteiger charge is 2.16. The number of aliphatic imine (C=N–C) groups is 1. The van der Waals surface area contributed by atoms with Gasteiger partial charge in [-0.3, -0.25) is 14.2 Å². The molecule has 9 heteroatoms. The summed E-state index contributed by atoms with van der Waals surface area (Å²) >= 11 is 7.21. The average molecular weight is 435 g/mol. The van der Waals surface area contributed by atoms with Crippen LogP contribution in [0.25, 0.3) is 0 Å². The van der Waals surface area contributed by atoms with Crippen LogP contribution in [0.15, 0.2) is 46.2 Å². The van der Waals surface area contributed by atoms with Crippen LogP contribution in [-0.4, -0.2) is 16.3 Å². The number of hydrogen-bond acceptors (Lipinski definition) is 5. The van der Waals surface area contributed by atoms with Gasteiger partial charge in [-0.05, 0) is 68.2 Å². The van der Waals surface area contributed by atoms with Crippen molar-refractivity contribution in [2.45, 2.75) is 26.8 Å². The lowest BCUT2D eigenvalue weighted by Gasteiger charge is -2.12. The molecular weight excluding hydrogens is 415 g/mol. The number of benzene rings is 2. The summed E-state index contributed by atoms with van der Waals surface area (Å²) in [6.07, 6.45) is 0.